The van der Waals surface area contributed by atoms with Crippen molar-refractivity contribution in [3.8, 4) is 11.8 Å². The molecule has 2 rings (SSSR count). The average molecular weight is 319 g/mol. The van der Waals surface area contributed by atoms with Gasteiger partial charge < -0.3 is 0 Å². The van der Waals surface area contributed by atoms with Crippen LogP contribution in [-0.4, -0.2) is 5.16 Å². The summed E-state index contributed by atoms with van der Waals surface area (Å²) in [7, 11) is 0. The Balaban J connectivity index is 2.06. The van der Waals surface area contributed by atoms with Crippen LogP contribution in [0.15, 0.2) is 17.1 Å². The number of thiocarbonyl (C=S) groups is 1. The maximum atomic E-state index is 13.9. The summed E-state index contributed by atoms with van der Waals surface area (Å²) in [6.07, 6.45) is 6.98. The molecule has 1 aliphatic rings. The summed E-state index contributed by atoms with van der Waals surface area (Å²) in [5, 5.41) is 2.04. The molecule has 1 aromatic rings. The van der Waals surface area contributed by atoms with Crippen LogP contribution in [0.5, 0.6) is 0 Å². The number of hydrogen-bond acceptors (Lipinski definition) is 2. The van der Waals surface area contributed by atoms with E-state index in [0.717, 1.165) is 30.9 Å². The Morgan fingerprint density at radius 3 is 2.55 bits per heavy atom. The van der Waals surface area contributed by atoms with Crippen molar-refractivity contribution in [3.63, 3.8) is 0 Å². The number of halogens is 2. The van der Waals surface area contributed by atoms with Crippen molar-refractivity contribution in [2.24, 2.45) is 16.8 Å². The molecule has 0 unspecified atom stereocenters. The van der Waals surface area contributed by atoms with Gasteiger partial charge in [0.05, 0.1) is 10.7 Å². The minimum absolute atomic E-state index is 0.0801. The lowest BCUT2D eigenvalue weighted by atomic mass is 9.80. The highest BCUT2D eigenvalue weighted by atomic mass is 32.1. The van der Waals surface area contributed by atoms with Crippen molar-refractivity contribution < 1.29 is 8.78 Å². The first-order valence-corrected chi connectivity index (χ1v) is 8.13. The average Bonchev–Trinajstić information content (AvgIpc) is 2.51. The number of aliphatic imine (C=N–C) groups is 1. The Kier molecular flexibility index (Phi) is 6.24. The molecule has 0 atom stereocenters. The summed E-state index contributed by atoms with van der Waals surface area (Å²) in [6, 6.07) is 2.09. The molecule has 116 valence electrons. The van der Waals surface area contributed by atoms with E-state index in [1.54, 1.807) is 0 Å². The normalized spacial score (nSPS) is 20.7. The van der Waals surface area contributed by atoms with Gasteiger partial charge in [0.1, 0.15) is 11.5 Å². The predicted octanol–water partition coefficient (Wildman–Crippen LogP) is 5.66. The molecular weight excluding hydrogens is 300 g/mol. The summed E-state index contributed by atoms with van der Waals surface area (Å²) in [5.41, 5.74) is -0.0605. The van der Waals surface area contributed by atoms with Gasteiger partial charge in [-0.05, 0) is 49.9 Å². The summed E-state index contributed by atoms with van der Waals surface area (Å²) in [6.45, 7) is 2.21. The Hall–Kier alpha value is -1.56. The topological polar surface area (TPSA) is 12.4 Å². The van der Waals surface area contributed by atoms with E-state index in [4.69, 9.17) is 0 Å². The molecule has 0 amide bonds. The quantitative estimate of drug-likeness (QED) is 0.398. The third-order valence-electron chi connectivity index (χ3n) is 4.16. The highest BCUT2D eigenvalue weighted by molar-refractivity contribution is 7.78. The highest BCUT2D eigenvalue weighted by Crippen LogP contribution is 2.31. The fraction of sp³-hybridized carbons (Fsp3) is 0.500. The number of benzene rings is 1. The zero-order chi connectivity index (χ0) is 15.9. The maximum Gasteiger partial charge on any atom is 0.151 e. The predicted molar refractivity (Wildman–Crippen MR) is 88.3 cm³/mol. The van der Waals surface area contributed by atoms with Crippen molar-refractivity contribution in [2.75, 3.05) is 0 Å². The smallest absolute Gasteiger partial charge is 0.151 e. The highest BCUT2D eigenvalue weighted by Gasteiger charge is 2.19. The summed E-state index contributed by atoms with van der Waals surface area (Å²) < 4.78 is 27.6. The Morgan fingerprint density at radius 1 is 1.18 bits per heavy atom. The zero-order valence-electron chi connectivity index (χ0n) is 12.7. The van der Waals surface area contributed by atoms with Crippen LogP contribution in [0, 0.1) is 35.3 Å². The number of nitrogens with zero attached hydrogens (tertiary/aromatic N) is 1. The third kappa shape index (κ3) is 4.47. The lowest BCUT2D eigenvalue weighted by molar-refractivity contribution is 0.300. The minimum atomic E-state index is -0.630. The first-order chi connectivity index (χ1) is 10.6. The van der Waals surface area contributed by atoms with Crippen LogP contribution in [0.25, 0.3) is 0 Å². The molecule has 0 aliphatic heterocycles. The van der Waals surface area contributed by atoms with Gasteiger partial charge in [0.25, 0.3) is 0 Å². The molecule has 0 N–H and O–H groups in total. The van der Waals surface area contributed by atoms with Crippen molar-refractivity contribution >= 4 is 23.1 Å². The van der Waals surface area contributed by atoms with E-state index < -0.39 is 11.6 Å². The van der Waals surface area contributed by atoms with Gasteiger partial charge in [-0.2, -0.15) is 4.99 Å². The zero-order valence-corrected chi connectivity index (χ0v) is 13.5. The van der Waals surface area contributed by atoms with Crippen LogP contribution in [-0.2, 0) is 0 Å². The van der Waals surface area contributed by atoms with Crippen LogP contribution >= 0.6 is 12.2 Å². The molecule has 22 heavy (non-hydrogen) atoms. The largest absolute Gasteiger partial charge is 0.206 e. The molecule has 1 nitrogen and oxygen atoms in total. The Labute approximate surface area is 135 Å². The summed E-state index contributed by atoms with van der Waals surface area (Å²) >= 11 is 4.40. The van der Waals surface area contributed by atoms with Crippen LogP contribution < -0.4 is 0 Å². The Bertz CT molecular complexity index is 630. The molecule has 0 radical (unpaired) electrons. The van der Waals surface area contributed by atoms with E-state index in [2.05, 4.69) is 36.0 Å². The third-order valence-corrected chi connectivity index (χ3v) is 4.25. The van der Waals surface area contributed by atoms with Gasteiger partial charge in [-0.1, -0.05) is 31.6 Å². The molecule has 0 heterocycles. The first kappa shape index (κ1) is 16.8. The van der Waals surface area contributed by atoms with Gasteiger partial charge in [-0.3, -0.25) is 0 Å². The van der Waals surface area contributed by atoms with E-state index in [1.165, 1.54) is 25.7 Å². The van der Waals surface area contributed by atoms with Gasteiger partial charge in [-0.15, -0.1) is 0 Å². The molecule has 1 aromatic carbocycles. The molecule has 0 bridgehead atoms. The number of rotatable bonds is 3. The Morgan fingerprint density at radius 2 is 1.91 bits per heavy atom. The van der Waals surface area contributed by atoms with Gasteiger partial charge in [-0.25, -0.2) is 8.78 Å². The van der Waals surface area contributed by atoms with Crippen LogP contribution in [0.3, 0.4) is 0 Å². The summed E-state index contributed by atoms with van der Waals surface area (Å²) in [5.74, 6) is 5.78. The standard InChI is InChI=1S/C18H19F2NS/c1-2-3-13-4-6-14(7-5-13)8-9-15-10-17(20)18(21-12-22)11-16(15)19/h10-11,13-14H,2-7H2,1H3. The molecule has 0 spiro atoms. The monoisotopic (exact) mass is 319 g/mol. The fourth-order valence-electron chi connectivity index (χ4n) is 2.95. The first-order valence-electron chi connectivity index (χ1n) is 7.72. The van der Waals surface area contributed by atoms with Crippen molar-refractivity contribution in [3.05, 3.63) is 29.3 Å². The van der Waals surface area contributed by atoms with Crippen molar-refractivity contribution in [1.82, 2.24) is 0 Å². The molecule has 0 saturated heterocycles. The van der Waals surface area contributed by atoms with Gasteiger partial charge in [0.15, 0.2) is 5.82 Å². The summed E-state index contributed by atoms with van der Waals surface area (Å²) in [4.78, 5) is 3.49. The minimum Gasteiger partial charge on any atom is -0.206 e. The molecule has 0 aromatic heterocycles. The van der Waals surface area contributed by atoms with E-state index in [1.807, 2.05) is 5.16 Å². The van der Waals surface area contributed by atoms with E-state index in [0.29, 0.717) is 0 Å². The second-order valence-corrected chi connectivity index (χ2v) is 5.94. The van der Waals surface area contributed by atoms with E-state index in [9.17, 15) is 8.78 Å². The molecule has 1 saturated carbocycles. The lowest BCUT2D eigenvalue weighted by Crippen LogP contribution is -2.13. The van der Waals surface area contributed by atoms with Gasteiger partial charge in [0, 0.05) is 12.0 Å². The van der Waals surface area contributed by atoms with Gasteiger partial charge >= 0.3 is 0 Å². The van der Waals surface area contributed by atoms with Crippen LogP contribution in [0.1, 0.15) is 51.0 Å². The fourth-order valence-corrected chi connectivity index (χ4v) is 3.05. The van der Waals surface area contributed by atoms with E-state index >= 15 is 0 Å². The second kappa shape index (κ2) is 8.17. The van der Waals surface area contributed by atoms with Crippen LogP contribution in [0.4, 0.5) is 14.5 Å². The lowest BCUT2D eigenvalue weighted by Gasteiger charge is -2.25. The second-order valence-electron chi connectivity index (χ2n) is 5.76. The molecule has 1 fully saturated rings. The molecule has 1 aliphatic carbocycles. The maximum absolute atomic E-state index is 13.9. The van der Waals surface area contributed by atoms with E-state index in [-0.39, 0.29) is 17.2 Å². The number of isothiocyanates is 1. The van der Waals surface area contributed by atoms with Crippen LogP contribution in [0.2, 0.25) is 0 Å². The number of hydrogen-bond donors (Lipinski definition) is 0. The van der Waals surface area contributed by atoms with Gasteiger partial charge in [0.2, 0.25) is 0 Å². The SMILES string of the molecule is CCCC1CCC(C#Cc2cc(F)c(N=C=S)cc2F)CC1. The van der Waals surface area contributed by atoms with Crippen molar-refractivity contribution in [1.29, 1.82) is 0 Å². The van der Waals surface area contributed by atoms with Crippen molar-refractivity contribution in [2.45, 2.75) is 45.4 Å². The molecular formula is C18H19F2NS. The molecule has 4 heteroatoms.